The van der Waals surface area contributed by atoms with Crippen LogP contribution in [0.5, 0.6) is 0 Å². The molecule has 0 bridgehead atoms. The summed E-state index contributed by atoms with van der Waals surface area (Å²) < 4.78 is 1.49. The topological polar surface area (TPSA) is 76.2 Å². The summed E-state index contributed by atoms with van der Waals surface area (Å²) in [6.45, 7) is 1.87. The molecule has 7 heteroatoms. The summed E-state index contributed by atoms with van der Waals surface area (Å²) in [4.78, 5) is 12.5. The SMILES string of the molecule is CN(c1nn(C)cc1[N+](=O)[O-])C1CCCNC1. The van der Waals surface area contributed by atoms with Gasteiger partial charge in [0.25, 0.3) is 0 Å². The van der Waals surface area contributed by atoms with Gasteiger partial charge >= 0.3 is 5.69 Å². The predicted octanol–water partition coefficient (Wildman–Crippen LogP) is 0.516. The molecule has 1 aliphatic rings. The van der Waals surface area contributed by atoms with E-state index in [1.807, 2.05) is 11.9 Å². The van der Waals surface area contributed by atoms with E-state index in [1.165, 1.54) is 10.9 Å². The van der Waals surface area contributed by atoms with Crippen LogP contribution < -0.4 is 10.2 Å². The summed E-state index contributed by atoms with van der Waals surface area (Å²) in [6, 6.07) is 0.275. The van der Waals surface area contributed by atoms with Crippen LogP contribution in [0.25, 0.3) is 0 Å². The number of nitrogens with zero attached hydrogens (tertiary/aromatic N) is 4. The third kappa shape index (κ3) is 2.38. The van der Waals surface area contributed by atoms with Crippen LogP contribution >= 0.6 is 0 Å². The van der Waals surface area contributed by atoms with Gasteiger partial charge in [0.1, 0.15) is 6.20 Å². The largest absolute Gasteiger partial charge is 0.348 e. The summed E-state index contributed by atoms with van der Waals surface area (Å²) >= 11 is 0. The maximum atomic E-state index is 10.9. The lowest BCUT2D eigenvalue weighted by molar-refractivity contribution is -0.384. The number of nitrogens with one attached hydrogen (secondary N) is 1. The van der Waals surface area contributed by atoms with Gasteiger partial charge in [0.2, 0.25) is 5.82 Å². The molecule has 94 valence electrons. The highest BCUT2D eigenvalue weighted by molar-refractivity contribution is 5.57. The van der Waals surface area contributed by atoms with Crippen molar-refractivity contribution >= 4 is 11.5 Å². The highest BCUT2D eigenvalue weighted by atomic mass is 16.6. The van der Waals surface area contributed by atoms with Crippen LogP contribution in [0.4, 0.5) is 11.5 Å². The lowest BCUT2D eigenvalue weighted by Gasteiger charge is -2.31. The van der Waals surface area contributed by atoms with Crippen LogP contribution in [0.3, 0.4) is 0 Å². The zero-order chi connectivity index (χ0) is 12.4. The molecule has 1 atom stereocenters. The fourth-order valence-corrected chi connectivity index (χ4v) is 2.18. The minimum absolute atomic E-state index is 0.0700. The van der Waals surface area contributed by atoms with E-state index >= 15 is 0 Å². The number of hydrogen-bond acceptors (Lipinski definition) is 5. The van der Waals surface area contributed by atoms with E-state index in [2.05, 4.69) is 10.4 Å². The minimum Gasteiger partial charge on any atom is -0.348 e. The van der Waals surface area contributed by atoms with Crippen LogP contribution in [0.2, 0.25) is 0 Å². The second kappa shape index (κ2) is 4.70. The van der Waals surface area contributed by atoms with E-state index in [0.717, 1.165) is 25.9 Å². The van der Waals surface area contributed by atoms with Crippen LogP contribution in [0.15, 0.2) is 6.20 Å². The van der Waals surface area contributed by atoms with Crippen molar-refractivity contribution in [3.05, 3.63) is 16.3 Å². The summed E-state index contributed by atoms with van der Waals surface area (Å²) in [5.41, 5.74) is 0.0700. The van der Waals surface area contributed by atoms with Crippen molar-refractivity contribution < 1.29 is 4.92 Å². The molecule has 17 heavy (non-hydrogen) atoms. The second-order valence-electron chi connectivity index (χ2n) is 4.38. The van der Waals surface area contributed by atoms with Gasteiger partial charge in [0.15, 0.2) is 0 Å². The summed E-state index contributed by atoms with van der Waals surface area (Å²) in [5.74, 6) is 0.450. The van der Waals surface area contributed by atoms with Crippen molar-refractivity contribution in [1.29, 1.82) is 0 Å². The molecule has 0 aromatic carbocycles. The van der Waals surface area contributed by atoms with Gasteiger partial charge in [0, 0.05) is 26.7 Å². The maximum absolute atomic E-state index is 10.9. The standard InChI is InChI=1S/C10H17N5O2/c1-13-7-9(15(16)17)10(12-13)14(2)8-4-3-5-11-6-8/h7-8,11H,3-6H2,1-2H3. The molecule has 0 spiro atoms. The monoisotopic (exact) mass is 239 g/mol. The Bertz CT molecular complexity index is 411. The van der Waals surface area contributed by atoms with Crippen molar-refractivity contribution in [3.8, 4) is 0 Å². The molecule has 1 N–H and O–H groups in total. The zero-order valence-corrected chi connectivity index (χ0v) is 10.1. The van der Waals surface area contributed by atoms with Crippen LogP contribution in [0.1, 0.15) is 12.8 Å². The molecule has 1 fully saturated rings. The molecular weight excluding hydrogens is 222 g/mol. The lowest BCUT2D eigenvalue weighted by atomic mass is 10.1. The lowest BCUT2D eigenvalue weighted by Crippen LogP contribution is -2.44. The number of piperidine rings is 1. The van der Waals surface area contributed by atoms with Gasteiger partial charge in [0.05, 0.1) is 4.92 Å². The molecule has 0 aliphatic carbocycles. The Morgan fingerprint density at radius 3 is 3.06 bits per heavy atom. The molecule has 1 unspecified atom stereocenters. The molecule has 7 nitrogen and oxygen atoms in total. The van der Waals surface area contributed by atoms with E-state index in [-0.39, 0.29) is 16.7 Å². The number of anilines is 1. The first-order valence-corrected chi connectivity index (χ1v) is 5.71. The van der Waals surface area contributed by atoms with E-state index in [1.54, 1.807) is 7.05 Å². The van der Waals surface area contributed by atoms with Gasteiger partial charge in [-0.1, -0.05) is 0 Å². The van der Waals surface area contributed by atoms with Gasteiger partial charge in [-0.3, -0.25) is 14.8 Å². The average Bonchev–Trinajstić information content (AvgIpc) is 2.72. The number of hydrogen-bond donors (Lipinski definition) is 1. The molecule has 0 saturated carbocycles. The van der Waals surface area contributed by atoms with Crippen molar-refractivity contribution in [1.82, 2.24) is 15.1 Å². The van der Waals surface area contributed by atoms with Crippen LogP contribution in [-0.4, -0.2) is 40.9 Å². The van der Waals surface area contributed by atoms with E-state index < -0.39 is 0 Å². The average molecular weight is 239 g/mol. The summed E-state index contributed by atoms with van der Waals surface area (Å²) in [7, 11) is 3.57. The molecule has 1 aromatic heterocycles. The van der Waals surface area contributed by atoms with Gasteiger partial charge < -0.3 is 10.2 Å². The van der Waals surface area contributed by atoms with Crippen molar-refractivity contribution in [2.75, 3.05) is 25.0 Å². The number of likely N-dealkylation sites (N-methyl/N-ethyl adjacent to an activating group) is 1. The number of aromatic nitrogens is 2. The Labute approximate surface area is 99.6 Å². The summed E-state index contributed by atoms with van der Waals surface area (Å²) in [5, 5.41) is 18.4. The fraction of sp³-hybridized carbons (Fsp3) is 0.700. The molecule has 2 rings (SSSR count). The van der Waals surface area contributed by atoms with Crippen LogP contribution in [-0.2, 0) is 7.05 Å². The summed E-state index contributed by atoms with van der Waals surface area (Å²) in [6.07, 6.45) is 3.58. The van der Waals surface area contributed by atoms with Crippen molar-refractivity contribution in [2.45, 2.75) is 18.9 Å². The first-order chi connectivity index (χ1) is 8.09. The first kappa shape index (κ1) is 11.8. The molecule has 1 aromatic rings. The van der Waals surface area contributed by atoms with Gasteiger partial charge in [-0.25, -0.2) is 0 Å². The van der Waals surface area contributed by atoms with Crippen molar-refractivity contribution in [2.24, 2.45) is 7.05 Å². The van der Waals surface area contributed by atoms with E-state index in [9.17, 15) is 10.1 Å². The minimum atomic E-state index is -0.380. The molecule has 1 aliphatic heterocycles. The Balaban J connectivity index is 2.22. The predicted molar refractivity (Wildman–Crippen MR) is 64.2 cm³/mol. The smallest absolute Gasteiger partial charge is 0.330 e. The molecule has 0 radical (unpaired) electrons. The third-order valence-electron chi connectivity index (χ3n) is 3.14. The number of rotatable bonds is 3. The Morgan fingerprint density at radius 1 is 1.71 bits per heavy atom. The fourth-order valence-electron chi connectivity index (χ4n) is 2.18. The highest BCUT2D eigenvalue weighted by Crippen LogP contribution is 2.27. The Kier molecular flexibility index (Phi) is 3.28. The Morgan fingerprint density at radius 2 is 2.47 bits per heavy atom. The molecular formula is C10H17N5O2. The Hall–Kier alpha value is -1.63. The normalized spacial score (nSPS) is 20.2. The van der Waals surface area contributed by atoms with Crippen LogP contribution in [0, 0.1) is 10.1 Å². The second-order valence-corrected chi connectivity index (χ2v) is 4.38. The number of nitro groups is 1. The zero-order valence-electron chi connectivity index (χ0n) is 10.1. The molecule has 2 heterocycles. The maximum Gasteiger partial charge on any atom is 0.330 e. The number of aryl methyl sites for hydroxylation is 1. The first-order valence-electron chi connectivity index (χ1n) is 5.71. The van der Waals surface area contributed by atoms with E-state index in [0.29, 0.717) is 5.82 Å². The molecule has 1 saturated heterocycles. The van der Waals surface area contributed by atoms with Gasteiger partial charge in [-0.2, -0.15) is 0 Å². The van der Waals surface area contributed by atoms with Gasteiger partial charge in [-0.05, 0) is 19.4 Å². The molecule has 0 amide bonds. The third-order valence-corrected chi connectivity index (χ3v) is 3.14. The van der Waals surface area contributed by atoms with Crippen molar-refractivity contribution in [3.63, 3.8) is 0 Å². The quantitative estimate of drug-likeness (QED) is 0.614. The van der Waals surface area contributed by atoms with Gasteiger partial charge in [-0.15, -0.1) is 5.10 Å². The highest BCUT2D eigenvalue weighted by Gasteiger charge is 2.27. The van der Waals surface area contributed by atoms with E-state index in [4.69, 9.17) is 0 Å².